The van der Waals surface area contributed by atoms with Gasteiger partial charge in [0, 0.05) is 43.5 Å². The van der Waals surface area contributed by atoms with Crippen LogP contribution < -0.4 is 10.6 Å². The SMILES string of the molecule is COCCCN(C)c1cccc(SC)c1C(N)=S. The van der Waals surface area contributed by atoms with Gasteiger partial charge in [0.1, 0.15) is 4.99 Å². The average Bonchev–Trinajstić information content (AvgIpc) is 2.37. The second-order valence-electron chi connectivity index (χ2n) is 3.99. The van der Waals surface area contributed by atoms with Crippen molar-refractivity contribution in [1.29, 1.82) is 0 Å². The van der Waals surface area contributed by atoms with Crippen LogP contribution in [0, 0.1) is 0 Å². The summed E-state index contributed by atoms with van der Waals surface area (Å²) in [5.74, 6) is 0. The molecule has 0 saturated heterocycles. The summed E-state index contributed by atoms with van der Waals surface area (Å²) in [4.78, 5) is 3.75. The molecule has 2 N–H and O–H groups in total. The van der Waals surface area contributed by atoms with Crippen molar-refractivity contribution >= 4 is 34.7 Å². The molecule has 3 nitrogen and oxygen atoms in total. The molecule has 18 heavy (non-hydrogen) atoms. The van der Waals surface area contributed by atoms with Gasteiger partial charge < -0.3 is 15.4 Å². The van der Waals surface area contributed by atoms with E-state index in [9.17, 15) is 0 Å². The van der Waals surface area contributed by atoms with Gasteiger partial charge in [-0.05, 0) is 24.8 Å². The molecule has 0 fully saturated rings. The van der Waals surface area contributed by atoms with Gasteiger partial charge in [0.25, 0.3) is 0 Å². The maximum Gasteiger partial charge on any atom is 0.107 e. The minimum atomic E-state index is 0.452. The minimum absolute atomic E-state index is 0.452. The first-order chi connectivity index (χ1) is 8.61. The van der Waals surface area contributed by atoms with E-state index in [1.807, 2.05) is 18.4 Å². The Bertz CT molecular complexity index is 410. The first-order valence-electron chi connectivity index (χ1n) is 5.78. The van der Waals surface area contributed by atoms with Crippen molar-refractivity contribution < 1.29 is 4.74 Å². The van der Waals surface area contributed by atoms with E-state index in [2.05, 4.69) is 18.0 Å². The van der Waals surface area contributed by atoms with Gasteiger partial charge >= 0.3 is 0 Å². The fraction of sp³-hybridized carbons (Fsp3) is 0.462. The molecule has 0 heterocycles. The van der Waals surface area contributed by atoms with Crippen LogP contribution >= 0.6 is 24.0 Å². The molecule has 0 radical (unpaired) electrons. The van der Waals surface area contributed by atoms with Gasteiger partial charge in [-0.2, -0.15) is 0 Å². The van der Waals surface area contributed by atoms with Crippen LogP contribution in [0.15, 0.2) is 23.1 Å². The van der Waals surface area contributed by atoms with Crippen molar-refractivity contribution in [2.45, 2.75) is 11.3 Å². The Morgan fingerprint density at radius 3 is 2.78 bits per heavy atom. The predicted octanol–water partition coefficient (Wildman–Crippen LogP) is 2.52. The molecule has 1 aromatic rings. The largest absolute Gasteiger partial charge is 0.389 e. The minimum Gasteiger partial charge on any atom is -0.389 e. The van der Waals surface area contributed by atoms with Gasteiger partial charge in [0.2, 0.25) is 0 Å². The number of nitrogens with zero attached hydrogens (tertiary/aromatic N) is 1. The lowest BCUT2D eigenvalue weighted by Gasteiger charge is -2.23. The van der Waals surface area contributed by atoms with E-state index >= 15 is 0 Å². The maximum atomic E-state index is 5.85. The fourth-order valence-corrected chi connectivity index (χ4v) is 2.73. The Labute approximate surface area is 119 Å². The van der Waals surface area contributed by atoms with Crippen molar-refractivity contribution in [3.8, 4) is 0 Å². The summed E-state index contributed by atoms with van der Waals surface area (Å²) in [6.07, 6.45) is 3.01. The zero-order valence-corrected chi connectivity index (χ0v) is 12.7. The van der Waals surface area contributed by atoms with Crippen molar-refractivity contribution in [2.24, 2.45) is 5.73 Å². The van der Waals surface area contributed by atoms with Gasteiger partial charge in [-0.25, -0.2) is 0 Å². The number of hydrogen-bond acceptors (Lipinski definition) is 4. The van der Waals surface area contributed by atoms with Crippen molar-refractivity contribution in [1.82, 2.24) is 0 Å². The highest BCUT2D eigenvalue weighted by Crippen LogP contribution is 2.29. The van der Waals surface area contributed by atoms with Crippen LogP contribution in [0.5, 0.6) is 0 Å². The zero-order chi connectivity index (χ0) is 13.5. The van der Waals surface area contributed by atoms with E-state index in [0.717, 1.165) is 35.7 Å². The monoisotopic (exact) mass is 284 g/mol. The lowest BCUT2D eigenvalue weighted by atomic mass is 10.1. The van der Waals surface area contributed by atoms with E-state index in [1.54, 1.807) is 18.9 Å². The number of methoxy groups -OCH3 is 1. The predicted molar refractivity (Wildman–Crippen MR) is 83.9 cm³/mol. The molecule has 1 aromatic carbocycles. The number of thioether (sulfide) groups is 1. The third kappa shape index (κ3) is 3.86. The highest BCUT2D eigenvalue weighted by molar-refractivity contribution is 7.98. The van der Waals surface area contributed by atoms with Crippen LogP contribution in [0.4, 0.5) is 5.69 Å². The number of thiocarbonyl (C=S) groups is 1. The van der Waals surface area contributed by atoms with Crippen LogP contribution in [0.3, 0.4) is 0 Å². The van der Waals surface area contributed by atoms with E-state index in [-0.39, 0.29) is 0 Å². The van der Waals surface area contributed by atoms with Crippen LogP contribution in [0.25, 0.3) is 0 Å². The molecule has 0 spiro atoms. The molecule has 0 atom stereocenters. The van der Waals surface area contributed by atoms with Crippen LogP contribution in [0.2, 0.25) is 0 Å². The molecule has 0 bridgehead atoms. The number of hydrogen-bond donors (Lipinski definition) is 1. The average molecular weight is 284 g/mol. The van der Waals surface area contributed by atoms with Gasteiger partial charge in [-0.15, -0.1) is 11.8 Å². The molecule has 0 unspecified atom stereocenters. The molecule has 1 rings (SSSR count). The van der Waals surface area contributed by atoms with Gasteiger partial charge in [0.15, 0.2) is 0 Å². The standard InChI is InChI=1S/C13H20N2OS2/c1-15(8-5-9-16-2)10-6-4-7-11(18-3)12(10)13(14)17/h4,6-7H,5,8-9H2,1-3H3,(H2,14,17). The van der Waals surface area contributed by atoms with E-state index in [0.29, 0.717) is 4.99 Å². The number of rotatable bonds is 7. The van der Waals surface area contributed by atoms with E-state index in [1.165, 1.54) is 0 Å². The summed E-state index contributed by atoms with van der Waals surface area (Å²) in [5, 5.41) is 0. The first-order valence-corrected chi connectivity index (χ1v) is 7.42. The summed E-state index contributed by atoms with van der Waals surface area (Å²) < 4.78 is 5.07. The van der Waals surface area contributed by atoms with Gasteiger partial charge in [0.05, 0.1) is 0 Å². The van der Waals surface area contributed by atoms with E-state index < -0.39 is 0 Å². The zero-order valence-electron chi connectivity index (χ0n) is 11.1. The molecular formula is C13H20N2OS2. The normalized spacial score (nSPS) is 10.4. The number of ether oxygens (including phenoxy) is 1. The molecule has 0 saturated carbocycles. The second kappa shape index (κ2) is 7.61. The molecule has 0 aliphatic carbocycles. The van der Waals surface area contributed by atoms with Crippen molar-refractivity contribution in [2.75, 3.05) is 38.5 Å². The number of benzene rings is 1. The highest BCUT2D eigenvalue weighted by Gasteiger charge is 2.13. The molecule has 100 valence electrons. The lowest BCUT2D eigenvalue weighted by molar-refractivity contribution is 0.196. The maximum absolute atomic E-state index is 5.85. The topological polar surface area (TPSA) is 38.5 Å². The van der Waals surface area contributed by atoms with Crippen molar-refractivity contribution in [3.05, 3.63) is 23.8 Å². The first kappa shape index (κ1) is 15.3. The molecule has 0 amide bonds. The Kier molecular flexibility index (Phi) is 6.46. The van der Waals surface area contributed by atoms with Crippen LogP contribution in [-0.4, -0.2) is 38.6 Å². The highest BCUT2D eigenvalue weighted by atomic mass is 32.2. The molecule has 5 heteroatoms. The summed E-state index contributed by atoms with van der Waals surface area (Å²) >= 11 is 6.84. The van der Waals surface area contributed by atoms with Gasteiger partial charge in [-0.3, -0.25) is 0 Å². The summed E-state index contributed by atoms with van der Waals surface area (Å²) in [5.41, 5.74) is 7.91. The molecule has 0 aliphatic rings. The molecular weight excluding hydrogens is 264 g/mol. The summed E-state index contributed by atoms with van der Waals surface area (Å²) in [6, 6.07) is 6.14. The molecule has 0 aliphatic heterocycles. The quantitative estimate of drug-likeness (QED) is 0.473. The van der Waals surface area contributed by atoms with E-state index in [4.69, 9.17) is 22.7 Å². The Morgan fingerprint density at radius 2 is 2.22 bits per heavy atom. The summed E-state index contributed by atoms with van der Waals surface area (Å²) in [7, 11) is 3.77. The smallest absolute Gasteiger partial charge is 0.107 e. The summed E-state index contributed by atoms with van der Waals surface area (Å²) in [6.45, 7) is 1.68. The Morgan fingerprint density at radius 1 is 1.50 bits per heavy atom. The lowest BCUT2D eigenvalue weighted by Crippen LogP contribution is -2.24. The molecule has 0 aromatic heterocycles. The third-order valence-corrected chi connectivity index (χ3v) is 3.71. The number of anilines is 1. The third-order valence-electron chi connectivity index (χ3n) is 2.72. The Hall–Kier alpha value is -0.780. The van der Waals surface area contributed by atoms with Crippen LogP contribution in [-0.2, 0) is 4.74 Å². The van der Waals surface area contributed by atoms with Crippen molar-refractivity contribution in [3.63, 3.8) is 0 Å². The number of nitrogens with two attached hydrogens (primary N) is 1. The Balaban J connectivity index is 2.96. The van der Waals surface area contributed by atoms with Crippen LogP contribution in [0.1, 0.15) is 12.0 Å². The van der Waals surface area contributed by atoms with Gasteiger partial charge in [-0.1, -0.05) is 18.3 Å². The fourth-order valence-electron chi connectivity index (χ4n) is 1.82. The second-order valence-corrected chi connectivity index (χ2v) is 5.27.